The molecule has 1 spiro atoms. The van der Waals surface area contributed by atoms with Crippen LogP contribution in [0.2, 0.25) is 0 Å². The van der Waals surface area contributed by atoms with Gasteiger partial charge < -0.3 is 29.2 Å². The Bertz CT molecular complexity index is 1120. The maximum atomic E-state index is 13.4. The minimum Gasteiger partial charge on any atom is -0.454 e. The number of fused-ring (bicyclic) bond motifs is 3. The summed E-state index contributed by atoms with van der Waals surface area (Å²) in [6.07, 6.45) is 1.24. The van der Waals surface area contributed by atoms with Crippen molar-refractivity contribution in [2.75, 3.05) is 40.2 Å². The molecule has 2 aliphatic heterocycles. The zero-order valence-electron chi connectivity index (χ0n) is 21.1. The topological polar surface area (TPSA) is 86.3 Å². The normalized spacial score (nSPS) is 21.6. The second kappa shape index (κ2) is 10.1. The molecule has 1 N–H and O–H groups in total. The van der Waals surface area contributed by atoms with Crippen LogP contribution >= 0.6 is 0 Å². The van der Waals surface area contributed by atoms with E-state index in [-0.39, 0.29) is 42.1 Å². The third-order valence-electron chi connectivity index (χ3n) is 7.65. The number of rotatable bonds is 7. The number of nitrogens with zero attached hydrogens (tertiary/aromatic N) is 1. The first-order valence-electron chi connectivity index (χ1n) is 12.6. The van der Waals surface area contributed by atoms with E-state index in [1.54, 1.807) is 25.3 Å². The van der Waals surface area contributed by atoms with Crippen LogP contribution in [-0.2, 0) is 19.7 Å². The molecule has 1 fully saturated rings. The fraction of sp³-hybridized carbons (Fsp3) is 0.500. The molecule has 2 heterocycles. The van der Waals surface area contributed by atoms with Crippen molar-refractivity contribution in [2.45, 2.75) is 44.2 Å². The van der Waals surface area contributed by atoms with E-state index in [9.17, 15) is 9.59 Å². The molecule has 8 heteroatoms. The number of amides is 2. The first-order chi connectivity index (χ1) is 17.4. The lowest BCUT2D eigenvalue weighted by atomic mass is 9.71. The molecule has 2 aromatic carbocycles. The van der Waals surface area contributed by atoms with Gasteiger partial charge in [-0.15, -0.1) is 0 Å². The summed E-state index contributed by atoms with van der Waals surface area (Å²) < 4.78 is 22.6. The van der Waals surface area contributed by atoms with Gasteiger partial charge in [-0.2, -0.15) is 0 Å². The maximum absolute atomic E-state index is 13.4. The van der Waals surface area contributed by atoms with Crippen molar-refractivity contribution in [1.29, 1.82) is 0 Å². The molecular formula is C28H34N2O6. The van der Waals surface area contributed by atoms with Gasteiger partial charge in [0.05, 0.1) is 25.4 Å². The van der Waals surface area contributed by atoms with Gasteiger partial charge in [-0.25, -0.2) is 0 Å². The van der Waals surface area contributed by atoms with Gasteiger partial charge in [0.25, 0.3) is 5.91 Å². The summed E-state index contributed by atoms with van der Waals surface area (Å²) in [7, 11) is 1.65. The van der Waals surface area contributed by atoms with Gasteiger partial charge in [-0.1, -0.05) is 38.1 Å². The zero-order valence-corrected chi connectivity index (χ0v) is 21.1. The lowest BCUT2D eigenvalue weighted by molar-refractivity contribution is -0.127. The van der Waals surface area contributed by atoms with Gasteiger partial charge in [0, 0.05) is 37.1 Å². The summed E-state index contributed by atoms with van der Waals surface area (Å²) in [6.45, 7) is 6.07. The second-order valence-electron chi connectivity index (χ2n) is 10.0. The van der Waals surface area contributed by atoms with Crippen LogP contribution < -0.4 is 14.8 Å². The van der Waals surface area contributed by atoms with Gasteiger partial charge in [0.15, 0.2) is 11.5 Å². The van der Waals surface area contributed by atoms with Gasteiger partial charge >= 0.3 is 0 Å². The van der Waals surface area contributed by atoms with Crippen molar-refractivity contribution in [2.24, 2.45) is 5.92 Å². The lowest BCUT2D eigenvalue weighted by Gasteiger charge is -2.44. The van der Waals surface area contributed by atoms with Crippen molar-refractivity contribution in [1.82, 2.24) is 10.2 Å². The van der Waals surface area contributed by atoms with Gasteiger partial charge in [-0.3, -0.25) is 9.59 Å². The van der Waals surface area contributed by atoms with E-state index in [2.05, 4.69) is 17.4 Å². The Morgan fingerprint density at radius 3 is 2.58 bits per heavy atom. The Morgan fingerprint density at radius 1 is 1.08 bits per heavy atom. The number of piperidine rings is 1. The average molecular weight is 495 g/mol. The van der Waals surface area contributed by atoms with E-state index in [0.29, 0.717) is 43.4 Å². The molecule has 0 bridgehead atoms. The smallest absolute Gasteiger partial charge is 0.253 e. The predicted octanol–water partition coefficient (Wildman–Crippen LogP) is 3.45. The predicted molar refractivity (Wildman–Crippen MR) is 133 cm³/mol. The summed E-state index contributed by atoms with van der Waals surface area (Å²) in [4.78, 5) is 28.0. The molecular weight excluding hydrogens is 460 g/mol. The highest BCUT2D eigenvalue weighted by molar-refractivity contribution is 5.95. The van der Waals surface area contributed by atoms with E-state index in [1.165, 1.54) is 5.56 Å². The van der Waals surface area contributed by atoms with Crippen molar-refractivity contribution >= 4 is 11.8 Å². The summed E-state index contributed by atoms with van der Waals surface area (Å²) in [5.41, 5.74) is 2.60. The van der Waals surface area contributed by atoms with E-state index >= 15 is 0 Å². The van der Waals surface area contributed by atoms with Crippen molar-refractivity contribution < 1.29 is 28.5 Å². The maximum Gasteiger partial charge on any atom is 0.253 e. The van der Waals surface area contributed by atoms with Crippen molar-refractivity contribution in [3.63, 3.8) is 0 Å². The fourth-order valence-corrected chi connectivity index (χ4v) is 5.72. The number of hydrogen-bond acceptors (Lipinski definition) is 6. The molecule has 5 rings (SSSR count). The average Bonchev–Trinajstić information content (AvgIpc) is 3.46. The molecule has 36 heavy (non-hydrogen) atoms. The van der Waals surface area contributed by atoms with Crippen LogP contribution in [0.4, 0.5) is 0 Å². The van der Waals surface area contributed by atoms with E-state index in [1.807, 2.05) is 30.9 Å². The van der Waals surface area contributed by atoms with Gasteiger partial charge in [0.1, 0.15) is 0 Å². The minimum atomic E-state index is -0.301. The van der Waals surface area contributed by atoms with E-state index < -0.39 is 0 Å². The molecule has 192 valence electrons. The van der Waals surface area contributed by atoms with Crippen molar-refractivity contribution in [3.05, 3.63) is 59.2 Å². The third kappa shape index (κ3) is 4.33. The highest BCUT2D eigenvalue weighted by Crippen LogP contribution is 2.52. The van der Waals surface area contributed by atoms with Crippen LogP contribution in [0.3, 0.4) is 0 Å². The molecule has 0 radical (unpaired) electrons. The van der Waals surface area contributed by atoms with Crippen LogP contribution in [0.15, 0.2) is 42.5 Å². The second-order valence-corrected chi connectivity index (χ2v) is 10.0. The fourth-order valence-electron chi connectivity index (χ4n) is 5.72. The first kappa shape index (κ1) is 24.6. The standard InChI is InChI=1S/C28H34N2O6/c1-18(2)26(31)29-24-20-6-4-5-7-21(20)28(25(24)34-15-14-33-3)10-12-30(13-11-28)27(32)19-8-9-22-23(16-19)36-17-35-22/h4-9,16,18,24-25H,10-15,17H2,1-3H3,(H,29,31)/t24-,25+/m0/s1. The Labute approximate surface area is 211 Å². The monoisotopic (exact) mass is 494 g/mol. The lowest BCUT2D eigenvalue weighted by Crippen LogP contribution is -2.52. The number of benzene rings is 2. The molecule has 2 amide bonds. The van der Waals surface area contributed by atoms with Crippen LogP contribution in [0.25, 0.3) is 0 Å². The molecule has 1 saturated heterocycles. The van der Waals surface area contributed by atoms with Crippen molar-refractivity contribution in [3.8, 4) is 11.5 Å². The minimum absolute atomic E-state index is 0.00242. The molecule has 2 atom stereocenters. The first-order valence-corrected chi connectivity index (χ1v) is 12.6. The molecule has 8 nitrogen and oxygen atoms in total. The van der Waals surface area contributed by atoms with Gasteiger partial charge in [0.2, 0.25) is 12.7 Å². The molecule has 0 saturated carbocycles. The van der Waals surface area contributed by atoms with Crippen LogP contribution in [-0.4, -0.2) is 63.0 Å². The Kier molecular flexibility index (Phi) is 6.90. The van der Waals surface area contributed by atoms with Crippen LogP contribution in [0.5, 0.6) is 11.5 Å². The van der Waals surface area contributed by atoms with Crippen LogP contribution in [0.1, 0.15) is 54.2 Å². The third-order valence-corrected chi connectivity index (χ3v) is 7.65. The summed E-state index contributed by atoms with van der Waals surface area (Å²) >= 11 is 0. The Morgan fingerprint density at radius 2 is 1.83 bits per heavy atom. The van der Waals surface area contributed by atoms with Gasteiger partial charge in [-0.05, 0) is 42.2 Å². The Hall–Kier alpha value is -3.10. The molecule has 1 aliphatic carbocycles. The largest absolute Gasteiger partial charge is 0.454 e. The number of carbonyl (C=O) groups excluding carboxylic acids is 2. The quantitative estimate of drug-likeness (QED) is 0.594. The number of carbonyl (C=O) groups is 2. The number of likely N-dealkylation sites (tertiary alicyclic amines) is 1. The molecule has 0 unspecified atom stereocenters. The summed E-state index contributed by atoms with van der Waals surface area (Å²) in [6, 6.07) is 13.4. The number of hydrogen-bond donors (Lipinski definition) is 1. The van der Waals surface area contributed by atoms with E-state index in [4.69, 9.17) is 18.9 Å². The molecule has 3 aliphatic rings. The Balaban J connectivity index is 1.40. The number of methoxy groups -OCH3 is 1. The highest BCUT2D eigenvalue weighted by Gasteiger charge is 2.54. The SMILES string of the molecule is COCCO[C@@H]1[C@@H](NC(=O)C(C)C)c2ccccc2C12CCN(C(=O)c1ccc3c(c1)OCO3)CC2. The zero-order chi connectivity index (χ0) is 25.3. The molecule has 0 aromatic heterocycles. The number of ether oxygens (including phenoxy) is 4. The summed E-state index contributed by atoms with van der Waals surface area (Å²) in [5.74, 6) is 1.12. The summed E-state index contributed by atoms with van der Waals surface area (Å²) in [5, 5.41) is 3.26. The highest BCUT2D eigenvalue weighted by atomic mass is 16.7. The van der Waals surface area contributed by atoms with Crippen LogP contribution in [0, 0.1) is 5.92 Å². The molecule has 2 aromatic rings. The van der Waals surface area contributed by atoms with E-state index in [0.717, 1.165) is 18.4 Å². The number of nitrogens with one attached hydrogen (secondary N) is 1.